The molecule has 1 fully saturated rings. The van der Waals surface area contributed by atoms with Crippen molar-refractivity contribution in [1.29, 1.82) is 0 Å². The Morgan fingerprint density at radius 1 is 1.22 bits per heavy atom. The quantitative estimate of drug-likeness (QED) is 0.714. The van der Waals surface area contributed by atoms with E-state index < -0.39 is 6.10 Å². The van der Waals surface area contributed by atoms with Gasteiger partial charge in [0.05, 0.1) is 6.10 Å². The van der Waals surface area contributed by atoms with Gasteiger partial charge in [-0.25, -0.2) is 0 Å². The largest absolute Gasteiger partial charge is 0.388 e. The third-order valence-corrected chi connectivity index (χ3v) is 5.90. The summed E-state index contributed by atoms with van der Waals surface area (Å²) in [6, 6.07) is 0. The van der Waals surface area contributed by atoms with Crippen molar-refractivity contribution in [3.8, 4) is 0 Å². The molecule has 3 rings (SSSR count). The van der Waals surface area contributed by atoms with Crippen LogP contribution in [-0.2, 0) is 4.79 Å². The molecule has 3 unspecified atom stereocenters. The molecule has 2 heteroatoms. The molecule has 3 atom stereocenters. The van der Waals surface area contributed by atoms with E-state index >= 15 is 0 Å². The van der Waals surface area contributed by atoms with Crippen molar-refractivity contribution in [2.45, 2.75) is 65.4 Å². The van der Waals surface area contributed by atoms with Crippen molar-refractivity contribution in [3.63, 3.8) is 0 Å². The maximum absolute atomic E-state index is 12.0. The highest BCUT2D eigenvalue weighted by molar-refractivity contribution is 6.00. The molecule has 100 valence electrons. The lowest BCUT2D eigenvalue weighted by atomic mass is 9.50. The predicted molar refractivity (Wildman–Crippen MR) is 71.1 cm³/mol. The summed E-state index contributed by atoms with van der Waals surface area (Å²) >= 11 is 0. The maximum Gasteiger partial charge on any atom is 0.161 e. The molecule has 0 aromatic rings. The first kappa shape index (κ1) is 12.4. The molecule has 2 nitrogen and oxygen atoms in total. The molecule has 0 amide bonds. The zero-order valence-electron chi connectivity index (χ0n) is 11.8. The molecule has 0 bridgehead atoms. The highest BCUT2D eigenvalue weighted by Gasteiger charge is 2.54. The number of carbonyl (C=O) groups is 1. The summed E-state index contributed by atoms with van der Waals surface area (Å²) in [4.78, 5) is 12.0. The third-order valence-electron chi connectivity index (χ3n) is 5.90. The summed E-state index contributed by atoms with van der Waals surface area (Å²) < 4.78 is 0. The van der Waals surface area contributed by atoms with Crippen LogP contribution in [0.15, 0.2) is 11.1 Å². The molecule has 0 saturated heterocycles. The van der Waals surface area contributed by atoms with Crippen molar-refractivity contribution in [2.24, 2.45) is 16.7 Å². The molecule has 0 heterocycles. The molecule has 3 aliphatic rings. The Morgan fingerprint density at radius 2 is 1.94 bits per heavy atom. The van der Waals surface area contributed by atoms with Gasteiger partial charge in [0.25, 0.3) is 0 Å². The van der Waals surface area contributed by atoms with Crippen molar-refractivity contribution in [3.05, 3.63) is 11.1 Å². The summed E-state index contributed by atoms with van der Waals surface area (Å²) in [6.45, 7) is 7.03. The van der Waals surface area contributed by atoms with Gasteiger partial charge in [-0.15, -0.1) is 0 Å². The number of aliphatic hydroxyl groups excluding tert-OH is 1. The monoisotopic (exact) mass is 248 g/mol. The molecule has 3 aliphatic carbocycles. The Hall–Kier alpha value is -0.630. The van der Waals surface area contributed by atoms with Crippen LogP contribution in [0, 0.1) is 16.7 Å². The van der Waals surface area contributed by atoms with Gasteiger partial charge < -0.3 is 5.11 Å². The highest BCUT2D eigenvalue weighted by atomic mass is 16.3. The number of hydrogen-bond donors (Lipinski definition) is 1. The predicted octanol–water partition coefficient (Wildman–Crippen LogP) is 3.24. The van der Waals surface area contributed by atoms with Gasteiger partial charge in [0.1, 0.15) is 0 Å². The second kappa shape index (κ2) is 3.69. The topological polar surface area (TPSA) is 37.3 Å². The Bertz CT molecular complexity index is 432. The number of allylic oxidation sites excluding steroid dienone is 1. The average molecular weight is 248 g/mol. The van der Waals surface area contributed by atoms with E-state index in [4.69, 9.17) is 0 Å². The zero-order valence-corrected chi connectivity index (χ0v) is 11.8. The first-order valence-corrected chi connectivity index (χ1v) is 7.31. The number of rotatable bonds is 0. The molecular formula is C16H24O2. The third kappa shape index (κ3) is 1.48. The summed E-state index contributed by atoms with van der Waals surface area (Å²) in [5.41, 5.74) is 2.52. The van der Waals surface area contributed by atoms with Gasteiger partial charge in [-0.3, -0.25) is 4.79 Å². The first-order valence-electron chi connectivity index (χ1n) is 7.31. The number of Topliss-reactive ketones (excluding diaryl/α,β-unsaturated/α-hetero) is 1. The molecular weight excluding hydrogens is 224 g/mol. The molecule has 0 spiro atoms. The Labute approximate surface area is 109 Å². The van der Waals surface area contributed by atoms with Crippen molar-refractivity contribution in [1.82, 2.24) is 0 Å². The van der Waals surface area contributed by atoms with Crippen LogP contribution in [0.4, 0.5) is 0 Å². The smallest absolute Gasteiger partial charge is 0.161 e. The van der Waals surface area contributed by atoms with Crippen LogP contribution in [0.2, 0.25) is 0 Å². The van der Waals surface area contributed by atoms with Crippen LogP contribution >= 0.6 is 0 Å². The summed E-state index contributed by atoms with van der Waals surface area (Å²) in [5, 5.41) is 10.3. The van der Waals surface area contributed by atoms with E-state index in [-0.39, 0.29) is 11.2 Å². The number of hydrogen-bond acceptors (Lipinski definition) is 2. The fraction of sp³-hybridized carbons (Fsp3) is 0.812. The van der Waals surface area contributed by atoms with Gasteiger partial charge in [0.2, 0.25) is 0 Å². The van der Waals surface area contributed by atoms with E-state index in [1.807, 2.05) is 0 Å². The second-order valence-electron chi connectivity index (χ2n) is 7.39. The van der Waals surface area contributed by atoms with Crippen molar-refractivity contribution >= 4 is 5.78 Å². The summed E-state index contributed by atoms with van der Waals surface area (Å²) in [6.07, 6.45) is 5.51. The lowest BCUT2D eigenvalue weighted by Crippen LogP contribution is -2.46. The number of fused-ring (bicyclic) bond motifs is 2. The number of carbonyl (C=O) groups excluding carboxylic acids is 1. The van der Waals surface area contributed by atoms with E-state index in [1.54, 1.807) is 0 Å². The number of aliphatic hydroxyl groups is 1. The van der Waals surface area contributed by atoms with Gasteiger partial charge >= 0.3 is 0 Å². The van der Waals surface area contributed by atoms with E-state index in [0.29, 0.717) is 17.8 Å². The van der Waals surface area contributed by atoms with E-state index in [0.717, 1.165) is 30.4 Å². The fourth-order valence-corrected chi connectivity index (χ4v) is 5.19. The summed E-state index contributed by atoms with van der Waals surface area (Å²) in [7, 11) is 0. The van der Waals surface area contributed by atoms with Gasteiger partial charge in [-0.2, -0.15) is 0 Å². The number of ketones is 1. The zero-order chi connectivity index (χ0) is 13.1. The minimum absolute atomic E-state index is 0.0703. The van der Waals surface area contributed by atoms with Gasteiger partial charge in [-0.1, -0.05) is 27.2 Å². The van der Waals surface area contributed by atoms with Crippen LogP contribution < -0.4 is 0 Å². The lowest BCUT2D eigenvalue weighted by molar-refractivity contribution is -0.116. The second-order valence-corrected chi connectivity index (χ2v) is 7.39. The van der Waals surface area contributed by atoms with Gasteiger partial charge in [0, 0.05) is 6.42 Å². The van der Waals surface area contributed by atoms with Crippen LogP contribution in [0.5, 0.6) is 0 Å². The fourth-order valence-electron chi connectivity index (χ4n) is 5.19. The minimum Gasteiger partial charge on any atom is -0.388 e. The lowest BCUT2D eigenvalue weighted by Gasteiger charge is -2.54. The van der Waals surface area contributed by atoms with Gasteiger partial charge in [-0.05, 0) is 53.6 Å². The Kier molecular flexibility index (Phi) is 2.54. The van der Waals surface area contributed by atoms with Gasteiger partial charge in [0.15, 0.2) is 5.78 Å². The molecule has 0 aromatic carbocycles. The van der Waals surface area contributed by atoms with E-state index in [2.05, 4.69) is 20.8 Å². The van der Waals surface area contributed by atoms with Crippen LogP contribution in [0.25, 0.3) is 0 Å². The van der Waals surface area contributed by atoms with Crippen molar-refractivity contribution < 1.29 is 9.90 Å². The van der Waals surface area contributed by atoms with E-state index in [9.17, 15) is 9.90 Å². The standard InChI is InChI=1S/C16H24O2/c1-15(2)7-4-8-16(3)13(15)6-5-10-11(17)9-12(18)14(10)16/h12-13,18H,4-9H2,1-3H3. The van der Waals surface area contributed by atoms with Crippen LogP contribution in [0.1, 0.15) is 59.3 Å². The molecule has 18 heavy (non-hydrogen) atoms. The maximum atomic E-state index is 12.0. The molecule has 0 aliphatic heterocycles. The molecule has 0 radical (unpaired) electrons. The minimum atomic E-state index is -0.491. The SMILES string of the molecule is CC1(C)CCCC2(C)C3=C(CCC12)C(=O)CC3O. The molecule has 1 N–H and O–H groups in total. The van der Waals surface area contributed by atoms with E-state index in [1.165, 1.54) is 12.8 Å². The Balaban J connectivity index is 2.09. The van der Waals surface area contributed by atoms with Crippen LogP contribution in [-0.4, -0.2) is 17.0 Å². The normalized spacial score (nSPS) is 42.8. The Morgan fingerprint density at radius 3 is 2.67 bits per heavy atom. The molecule has 1 saturated carbocycles. The average Bonchev–Trinajstić information content (AvgIpc) is 2.54. The van der Waals surface area contributed by atoms with Crippen molar-refractivity contribution in [2.75, 3.05) is 0 Å². The summed E-state index contributed by atoms with van der Waals surface area (Å²) in [5.74, 6) is 0.832. The first-order chi connectivity index (χ1) is 8.36. The van der Waals surface area contributed by atoms with Crippen LogP contribution in [0.3, 0.4) is 0 Å². The molecule has 0 aromatic heterocycles. The highest BCUT2D eigenvalue weighted by Crippen LogP contribution is 2.61.